The first-order chi connectivity index (χ1) is 12.2. The predicted octanol–water partition coefficient (Wildman–Crippen LogP) is 1.88. The van der Waals surface area contributed by atoms with Gasteiger partial charge in [-0.1, -0.05) is 63.8 Å². The second kappa shape index (κ2) is 22.5. The van der Waals surface area contributed by atoms with Crippen LogP contribution in [0.4, 0.5) is 0 Å². The number of allylic oxidation sites excluding steroid dienone is 4. The number of rotatable bonds is 18. The van der Waals surface area contributed by atoms with E-state index >= 15 is 0 Å². The van der Waals surface area contributed by atoms with Gasteiger partial charge in [-0.25, -0.2) is 0 Å². The number of hydrogen-bond donors (Lipinski definition) is 0. The average molecular weight is 358 g/mol. The monoisotopic (exact) mass is 357 g/mol. The van der Waals surface area contributed by atoms with Gasteiger partial charge in [0.25, 0.3) is 0 Å². The number of unbranched alkanes of at least 4 members (excludes halogenated alkanes) is 8. The Bertz CT molecular complexity index is 330. The van der Waals surface area contributed by atoms with Gasteiger partial charge >= 0.3 is 18.9 Å². The smallest absolute Gasteiger partial charge is 0.549 e. The number of carboxylic acids is 1. The molecule has 0 N–H and O–H groups in total. The third-order valence-electron chi connectivity index (χ3n) is 4.32. The summed E-state index contributed by atoms with van der Waals surface area (Å²) in [5, 5.41) is 10.9. The molecule has 0 aromatic rings. The molecule has 0 saturated carbocycles. The molecule has 0 aromatic carbocycles. The van der Waals surface area contributed by atoms with Crippen LogP contribution in [0.25, 0.3) is 0 Å². The van der Waals surface area contributed by atoms with Crippen LogP contribution >= 0.6 is 0 Å². The summed E-state index contributed by atoms with van der Waals surface area (Å²) in [5.74, 6) is -0.959. The summed E-state index contributed by atoms with van der Waals surface area (Å²) in [7, 11) is 0. The number of nitrogens with zero attached hydrogens (tertiary/aromatic N) is 1. The van der Waals surface area contributed by atoms with E-state index in [9.17, 15) is 9.90 Å². The maximum atomic E-state index is 10.9. The van der Waals surface area contributed by atoms with E-state index in [0.717, 1.165) is 51.6 Å². The van der Waals surface area contributed by atoms with Crippen molar-refractivity contribution in [3.05, 3.63) is 24.3 Å². The first-order valence-electron chi connectivity index (χ1n) is 10.4. The summed E-state index contributed by atoms with van der Waals surface area (Å²) in [6.45, 7) is 6.22. The van der Waals surface area contributed by atoms with Crippen molar-refractivity contribution >= 4 is 5.97 Å². The quantitative estimate of drug-likeness (QED) is 0.214. The molecule has 0 fully saturated rings. The van der Waals surface area contributed by atoms with E-state index in [1.807, 2.05) is 4.90 Å². The van der Waals surface area contributed by atoms with Gasteiger partial charge in [-0.2, -0.15) is 0 Å². The first kappa shape index (κ1) is 27.7. The van der Waals surface area contributed by atoms with Crippen LogP contribution in [0.15, 0.2) is 24.3 Å². The summed E-state index contributed by atoms with van der Waals surface area (Å²) < 4.78 is 0. The van der Waals surface area contributed by atoms with Crippen LogP contribution in [-0.2, 0) is 4.79 Å². The molecule has 0 atom stereocenters. The number of carboxylic acid groups (broad SMARTS) is 1. The molecule has 4 heteroatoms. The summed E-state index contributed by atoms with van der Waals surface area (Å²) in [5.41, 5.74) is 0. The Morgan fingerprint density at radius 3 is 1.46 bits per heavy atom. The Morgan fingerprint density at radius 1 is 0.731 bits per heavy atom. The Kier molecular flexibility index (Phi) is 24.0. The van der Waals surface area contributed by atoms with Gasteiger partial charge in [-0.15, -0.1) is 0 Å². The molecule has 0 spiro atoms. The Balaban J connectivity index is 0. The number of aliphatic carboxylic acids is 1. The molecule has 146 valence electrons. The van der Waals surface area contributed by atoms with E-state index in [1.54, 1.807) is 0 Å². The van der Waals surface area contributed by atoms with E-state index in [0.29, 0.717) is 0 Å². The SMILES string of the molecule is CCCC/C=C/CCCCN(CCCC/C=C/CCCC)CC(=O)[O-].[Li+]. The summed E-state index contributed by atoms with van der Waals surface area (Å²) >= 11 is 0. The number of hydrogen-bond acceptors (Lipinski definition) is 3. The number of carbonyl (C=O) groups is 1. The zero-order chi connectivity index (χ0) is 18.6. The average Bonchev–Trinajstić information content (AvgIpc) is 2.58. The minimum atomic E-state index is -0.959. The number of carbonyl (C=O) groups excluding carboxylic acids is 1. The van der Waals surface area contributed by atoms with Crippen molar-refractivity contribution in [2.75, 3.05) is 19.6 Å². The second-order valence-corrected chi connectivity index (χ2v) is 6.87. The summed E-state index contributed by atoms with van der Waals surface area (Å²) in [6.07, 6.45) is 23.1. The third-order valence-corrected chi connectivity index (χ3v) is 4.32. The van der Waals surface area contributed by atoms with Gasteiger partial charge in [0.05, 0.1) is 5.97 Å². The minimum Gasteiger partial charge on any atom is -0.549 e. The summed E-state index contributed by atoms with van der Waals surface area (Å²) in [6, 6.07) is 0. The van der Waals surface area contributed by atoms with Crippen molar-refractivity contribution < 1.29 is 28.8 Å². The zero-order valence-corrected chi connectivity index (χ0v) is 17.7. The van der Waals surface area contributed by atoms with Gasteiger partial charge in [0.1, 0.15) is 0 Å². The molecule has 0 rings (SSSR count). The maximum absolute atomic E-state index is 10.9. The van der Waals surface area contributed by atoms with E-state index < -0.39 is 5.97 Å². The molecular formula is C22H40LiNO2. The van der Waals surface area contributed by atoms with Gasteiger partial charge in [0, 0.05) is 6.54 Å². The van der Waals surface area contributed by atoms with Crippen LogP contribution in [0.2, 0.25) is 0 Å². The van der Waals surface area contributed by atoms with Crippen molar-refractivity contribution in [1.29, 1.82) is 0 Å². The van der Waals surface area contributed by atoms with Gasteiger partial charge in [-0.05, 0) is 64.5 Å². The molecule has 0 aliphatic rings. The molecule has 3 nitrogen and oxygen atoms in total. The van der Waals surface area contributed by atoms with Crippen molar-refractivity contribution in [3.8, 4) is 0 Å². The maximum Gasteiger partial charge on any atom is 1.00 e. The molecule has 0 unspecified atom stereocenters. The van der Waals surface area contributed by atoms with Crippen LogP contribution in [0, 0.1) is 0 Å². The third kappa shape index (κ3) is 21.5. The van der Waals surface area contributed by atoms with Gasteiger partial charge < -0.3 is 9.90 Å². The zero-order valence-electron chi connectivity index (χ0n) is 17.7. The molecule has 26 heavy (non-hydrogen) atoms. The van der Waals surface area contributed by atoms with Gasteiger partial charge in [0.2, 0.25) is 0 Å². The second-order valence-electron chi connectivity index (χ2n) is 6.87. The van der Waals surface area contributed by atoms with Crippen LogP contribution < -0.4 is 24.0 Å². The van der Waals surface area contributed by atoms with Crippen LogP contribution in [0.1, 0.15) is 90.9 Å². The van der Waals surface area contributed by atoms with Crippen LogP contribution in [0.3, 0.4) is 0 Å². The van der Waals surface area contributed by atoms with Crippen molar-refractivity contribution in [1.82, 2.24) is 4.90 Å². The van der Waals surface area contributed by atoms with E-state index in [2.05, 4.69) is 38.2 Å². The van der Waals surface area contributed by atoms with Crippen molar-refractivity contribution in [2.45, 2.75) is 90.9 Å². The Morgan fingerprint density at radius 2 is 1.12 bits per heavy atom. The van der Waals surface area contributed by atoms with E-state index in [1.165, 1.54) is 38.5 Å². The normalized spacial score (nSPS) is 11.5. The Hall–Kier alpha value is -0.493. The van der Waals surface area contributed by atoms with Crippen molar-refractivity contribution in [3.63, 3.8) is 0 Å². The van der Waals surface area contributed by atoms with Crippen LogP contribution in [0.5, 0.6) is 0 Å². The fourth-order valence-corrected chi connectivity index (χ4v) is 2.76. The molecule has 0 saturated heterocycles. The molecule has 0 amide bonds. The van der Waals surface area contributed by atoms with Crippen molar-refractivity contribution in [2.24, 2.45) is 0 Å². The molecular weight excluding hydrogens is 317 g/mol. The predicted molar refractivity (Wildman–Crippen MR) is 106 cm³/mol. The largest absolute Gasteiger partial charge is 1.00 e. The van der Waals surface area contributed by atoms with Crippen LogP contribution in [-0.4, -0.2) is 30.5 Å². The van der Waals surface area contributed by atoms with E-state index in [4.69, 9.17) is 0 Å². The first-order valence-corrected chi connectivity index (χ1v) is 10.4. The molecule has 0 aliphatic carbocycles. The fraction of sp³-hybridized carbons (Fsp3) is 0.773. The molecule has 0 heterocycles. The van der Waals surface area contributed by atoms with Gasteiger partial charge in [-0.3, -0.25) is 4.90 Å². The van der Waals surface area contributed by atoms with Gasteiger partial charge in [0.15, 0.2) is 0 Å². The van der Waals surface area contributed by atoms with E-state index in [-0.39, 0.29) is 25.4 Å². The molecule has 0 radical (unpaired) electrons. The Labute approximate surface area is 174 Å². The molecule has 0 bridgehead atoms. The fourth-order valence-electron chi connectivity index (χ4n) is 2.76. The minimum absolute atomic E-state index is 0. The topological polar surface area (TPSA) is 43.4 Å². The molecule has 0 aromatic heterocycles. The standard InChI is InChI=1S/C22H41NO2.Li/c1-3-5-7-9-11-13-15-17-19-23(21-22(24)25)20-18-16-14-12-10-8-6-4-2;/h9-12H,3-8,13-21H2,1-2H3,(H,24,25);/q;+1/p-1/b11-9+,12-10+;. The summed E-state index contributed by atoms with van der Waals surface area (Å²) in [4.78, 5) is 12.9. The molecule has 0 aliphatic heterocycles.